The first-order valence-corrected chi connectivity index (χ1v) is 5.96. The first-order chi connectivity index (χ1) is 9.10. The number of nitrogens with zero attached hydrogens (tertiary/aromatic N) is 2. The molecule has 0 saturated heterocycles. The van der Waals surface area contributed by atoms with Gasteiger partial charge in [-0.25, -0.2) is 13.8 Å². The van der Waals surface area contributed by atoms with Crippen LogP contribution in [-0.2, 0) is 0 Å². The zero-order valence-corrected chi connectivity index (χ0v) is 10.8. The predicted molar refractivity (Wildman–Crippen MR) is 70.8 cm³/mol. The Morgan fingerprint density at radius 3 is 2.79 bits per heavy atom. The lowest BCUT2D eigenvalue weighted by molar-refractivity contribution is 0.586. The molecule has 0 bridgehead atoms. The summed E-state index contributed by atoms with van der Waals surface area (Å²) in [6, 6.07) is 3.33. The molecule has 100 valence electrons. The van der Waals surface area contributed by atoms with Crippen LogP contribution in [0.5, 0.6) is 0 Å². The van der Waals surface area contributed by atoms with Crippen LogP contribution in [0.2, 0.25) is 5.02 Å². The number of rotatable bonds is 4. The molecule has 1 aromatic carbocycles. The number of benzene rings is 1. The molecule has 4 nitrogen and oxygen atoms in total. The van der Waals surface area contributed by atoms with Gasteiger partial charge in [-0.2, -0.15) is 4.98 Å². The molecule has 0 amide bonds. The van der Waals surface area contributed by atoms with Gasteiger partial charge in [-0.15, -0.1) is 0 Å². The molecule has 2 N–H and O–H groups in total. The minimum absolute atomic E-state index is 0.0239. The van der Waals surface area contributed by atoms with Crippen LogP contribution in [-0.4, -0.2) is 16.5 Å². The van der Waals surface area contributed by atoms with Gasteiger partial charge in [-0.05, 0) is 19.1 Å². The minimum Gasteiger partial charge on any atom is -0.354 e. The fourth-order valence-corrected chi connectivity index (χ4v) is 1.70. The Morgan fingerprint density at radius 2 is 2.11 bits per heavy atom. The van der Waals surface area contributed by atoms with Gasteiger partial charge in [0.1, 0.15) is 11.6 Å². The van der Waals surface area contributed by atoms with E-state index in [1.165, 1.54) is 6.20 Å². The molecule has 0 aliphatic heterocycles. The van der Waals surface area contributed by atoms with E-state index >= 15 is 0 Å². The van der Waals surface area contributed by atoms with E-state index in [-0.39, 0.29) is 10.7 Å². The third-order valence-corrected chi connectivity index (χ3v) is 2.55. The molecule has 1 aromatic heterocycles. The lowest BCUT2D eigenvalue weighted by atomic mass is 10.3. The lowest BCUT2D eigenvalue weighted by Crippen LogP contribution is -2.04. The molecule has 19 heavy (non-hydrogen) atoms. The van der Waals surface area contributed by atoms with Gasteiger partial charge in [-0.3, -0.25) is 0 Å². The van der Waals surface area contributed by atoms with Crippen LogP contribution in [0.4, 0.5) is 26.2 Å². The SMILES string of the molecule is CCNc1nccc(Nc2c(F)cc(F)cc2Cl)n1. The largest absolute Gasteiger partial charge is 0.354 e. The van der Waals surface area contributed by atoms with Crippen molar-refractivity contribution in [3.63, 3.8) is 0 Å². The highest BCUT2D eigenvalue weighted by molar-refractivity contribution is 6.33. The van der Waals surface area contributed by atoms with Crippen molar-refractivity contribution in [1.82, 2.24) is 9.97 Å². The van der Waals surface area contributed by atoms with Gasteiger partial charge in [0.05, 0.1) is 10.7 Å². The van der Waals surface area contributed by atoms with E-state index in [0.29, 0.717) is 18.3 Å². The first kappa shape index (κ1) is 13.5. The minimum atomic E-state index is -0.784. The molecule has 0 aliphatic rings. The topological polar surface area (TPSA) is 49.8 Å². The number of hydrogen-bond acceptors (Lipinski definition) is 4. The van der Waals surface area contributed by atoms with E-state index in [4.69, 9.17) is 11.6 Å². The van der Waals surface area contributed by atoms with Crippen LogP contribution < -0.4 is 10.6 Å². The summed E-state index contributed by atoms with van der Waals surface area (Å²) in [5.74, 6) is -0.748. The van der Waals surface area contributed by atoms with Crippen molar-refractivity contribution in [1.29, 1.82) is 0 Å². The van der Waals surface area contributed by atoms with E-state index in [9.17, 15) is 8.78 Å². The molecule has 0 fully saturated rings. The molecule has 0 saturated carbocycles. The van der Waals surface area contributed by atoms with Crippen molar-refractivity contribution in [2.45, 2.75) is 6.92 Å². The predicted octanol–water partition coefficient (Wildman–Crippen LogP) is 3.58. The van der Waals surface area contributed by atoms with E-state index in [1.807, 2.05) is 6.92 Å². The molecule has 2 aromatic rings. The first-order valence-electron chi connectivity index (χ1n) is 5.58. The van der Waals surface area contributed by atoms with Crippen LogP contribution in [0.25, 0.3) is 0 Å². The summed E-state index contributed by atoms with van der Waals surface area (Å²) in [5.41, 5.74) is -0.0239. The van der Waals surface area contributed by atoms with E-state index in [1.54, 1.807) is 6.07 Å². The smallest absolute Gasteiger partial charge is 0.224 e. The quantitative estimate of drug-likeness (QED) is 0.901. The third-order valence-electron chi connectivity index (χ3n) is 2.25. The van der Waals surface area contributed by atoms with E-state index in [2.05, 4.69) is 20.6 Å². The van der Waals surface area contributed by atoms with E-state index < -0.39 is 11.6 Å². The molecule has 0 spiro atoms. The summed E-state index contributed by atoms with van der Waals surface area (Å²) in [6.45, 7) is 2.56. The normalized spacial score (nSPS) is 10.3. The second-order valence-electron chi connectivity index (χ2n) is 3.67. The standard InChI is InChI=1S/C12H11ClF2N4/c1-2-16-12-17-4-3-10(19-12)18-11-8(13)5-7(14)6-9(11)15/h3-6H,2H2,1H3,(H2,16,17,18,19). The number of nitrogens with one attached hydrogen (secondary N) is 2. The molecule has 7 heteroatoms. The summed E-state index contributed by atoms with van der Waals surface area (Å²) < 4.78 is 26.5. The van der Waals surface area contributed by atoms with Crippen molar-refractivity contribution in [2.75, 3.05) is 17.2 Å². The van der Waals surface area contributed by atoms with Gasteiger partial charge < -0.3 is 10.6 Å². The summed E-state index contributed by atoms with van der Waals surface area (Å²) in [6.07, 6.45) is 1.52. The maximum Gasteiger partial charge on any atom is 0.224 e. The number of anilines is 3. The Morgan fingerprint density at radius 1 is 1.32 bits per heavy atom. The Bertz CT molecular complexity index is 569. The average Bonchev–Trinajstić information content (AvgIpc) is 2.35. The number of halogens is 3. The third kappa shape index (κ3) is 3.29. The second-order valence-corrected chi connectivity index (χ2v) is 4.07. The highest BCUT2D eigenvalue weighted by Crippen LogP contribution is 2.28. The summed E-state index contributed by atoms with van der Waals surface area (Å²) in [4.78, 5) is 8.09. The maximum atomic E-state index is 13.6. The van der Waals surface area contributed by atoms with Crippen LogP contribution in [0, 0.1) is 11.6 Å². The number of hydrogen-bond donors (Lipinski definition) is 2. The van der Waals surface area contributed by atoms with Gasteiger partial charge in [0.2, 0.25) is 5.95 Å². The van der Waals surface area contributed by atoms with Crippen molar-refractivity contribution in [2.24, 2.45) is 0 Å². The molecule has 0 radical (unpaired) electrons. The van der Waals surface area contributed by atoms with Crippen molar-refractivity contribution >= 4 is 29.1 Å². The lowest BCUT2D eigenvalue weighted by Gasteiger charge is -2.10. The molecule has 0 aliphatic carbocycles. The molecular weight excluding hydrogens is 274 g/mol. The van der Waals surface area contributed by atoms with Crippen LogP contribution in [0.1, 0.15) is 6.92 Å². The average molecular weight is 285 g/mol. The van der Waals surface area contributed by atoms with Crippen molar-refractivity contribution < 1.29 is 8.78 Å². The summed E-state index contributed by atoms with van der Waals surface area (Å²) >= 11 is 5.78. The van der Waals surface area contributed by atoms with Gasteiger partial charge in [-0.1, -0.05) is 11.6 Å². The molecule has 0 unspecified atom stereocenters. The monoisotopic (exact) mass is 284 g/mol. The highest BCUT2D eigenvalue weighted by Gasteiger charge is 2.11. The van der Waals surface area contributed by atoms with Crippen molar-refractivity contribution in [3.8, 4) is 0 Å². The van der Waals surface area contributed by atoms with Crippen LogP contribution in [0.3, 0.4) is 0 Å². The molecular formula is C12H11ClF2N4. The Labute approximate surface area is 113 Å². The van der Waals surface area contributed by atoms with Gasteiger partial charge in [0.25, 0.3) is 0 Å². The maximum absolute atomic E-state index is 13.6. The fourth-order valence-electron chi connectivity index (χ4n) is 1.46. The Balaban J connectivity index is 2.28. The van der Waals surface area contributed by atoms with Gasteiger partial charge in [0, 0.05) is 18.8 Å². The Kier molecular flexibility index (Phi) is 4.11. The zero-order valence-electron chi connectivity index (χ0n) is 10.0. The highest BCUT2D eigenvalue weighted by atomic mass is 35.5. The number of aromatic nitrogens is 2. The van der Waals surface area contributed by atoms with Crippen LogP contribution in [0.15, 0.2) is 24.4 Å². The van der Waals surface area contributed by atoms with Gasteiger partial charge >= 0.3 is 0 Å². The summed E-state index contributed by atoms with van der Waals surface area (Å²) in [5, 5.41) is 5.57. The molecule has 0 atom stereocenters. The fraction of sp³-hybridized carbons (Fsp3) is 0.167. The van der Waals surface area contributed by atoms with Crippen molar-refractivity contribution in [3.05, 3.63) is 41.1 Å². The Hall–Kier alpha value is -1.95. The molecule has 1 heterocycles. The van der Waals surface area contributed by atoms with Crippen LogP contribution >= 0.6 is 11.6 Å². The second kappa shape index (κ2) is 5.79. The van der Waals surface area contributed by atoms with E-state index in [0.717, 1.165) is 12.1 Å². The molecule has 2 rings (SSSR count). The zero-order chi connectivity index (χ0) is 13.8. The van der Waals surface area contributed by atoms with Gasteiger partial charge in [0.15, 0.2) is 5.82 Å². The summed E-state index contributed by atoms with van der Waals surface area (Å²) in [7, 11) is 0.